The summed E-state index contributed by atoms with van der Waals surface area (Å²) in [6.45, 7) is 5.11. The maximum Gasteiger partial charge on any atom is 0.254 e. The van der Waals surface area contributed by atoms with E-state index in [4.69, 9.17) is 9.97 Å². The minimum atomic E-state index is -0.202. The van der Waals surface area contributed by atoms with E-state index in [1.807, 2.05) is 43.5 Å². The molecule has 1 atom stereocenters. The van der Waals surface area contributed by atoms with Crippen LogP contribution >= 0.6 is 0 Å². The molecule has 0 bridgehead atoms. The van der Waals surface area contributed by atoms with Crippen LogP contribution in [-0.2, 0) is 5.54 Å². The Morgan fingerprint density at radius 1 is 1.06 bits per heavy atom. The van der Waals surface area contributed by atoms with Gasteiger partial charge in [-0.25, -0.2) is 9.97 Å². The van der Waals surface area contributed by atoms with E-state index in [1.54, 1.807) is 17.2 Å². The average Bonchev–Trinajstić information content (AvgIpc) is 3.62. The van der Waals surface area contributed by atoms with Gasteiger partial charge in [0.25, 0.3) is 5.95 Å². The van der Waals surface area contributed by atoms with E-state index < -0.39 is 0 Å². The van der Waals surface area contributed by atoms with Crippen LogP contribution in [0.15, 0.2) is 49.1 Å². The van der Waals surface area contributed by atoms with Gasteiger partial charge in [0.2, 0.25) is 0 Å². The van der Waals surface area contributed by atoms with Crippen LogP contribution in [0.1, 0.15) is 37.8 Å². The topological polar surface area (TPSA) is 103 Å². The van der Waals surface area contributed by atoms with Crippen molar-refractivity contribution < 1.29 is 0 Å². The Morgan fingerprint density at radius 3 is 2.91 bits per heavy atom. The summed E-state index contributed by atoms with van der Waals surface area (Å²) < 4.78 is 3.82. The minimum absolute atomic E-state index is 0.202. The molecule has 6 heterocycles. The van der Waals surface area contributed by atoms with Crippen LogP contribution in [-0.4, -0.2) is 51.0 Å². The second-order valence-corrected chi connectivity index (χ2v) is 8.80. The first-order valence-corrected chi connectivity index (χ1v) is 11.5. The Balaban J connectivity index is 1.43. The molecule has 10 nitrogen and oxygen atoms in total. The Hall–Kier alpha value is -4.21. The van der Waals surface area contributed by atoms with E-state index in [0.29, 0.717) is 11.8 Å². The molecule has 7 rings (SSSR count). The van der Waals surface area contributed by atoms with Crippen molar-refractivity contribution in [1.82, 2.24) is 44.5 Å². The predicted molar refractivity (Wildman–Crippen MR) is 126 cm³/mol. The van der Waals surface area contributed by atoms with Crippen LogP contribution in [0, 0.1) is 6.92 Å². The normalized spacial score (nSPS) is 18.7. The smallest absolute Gasteiger partial charge is 0.254 e. The first kappa shape index (κ1) is 19.3. The number of anilines is 1. The molecule has 1 fully saturated rings. The fourth-order valence-corrected chi connectivity index (χ4v) is 5.58. The predicted octanol–water partition coefficient (Wildman–Crippen LogP) is 3.38. The van der Waals surface area contributed by atoms with Gasteiger partial charge in [0, 0.05) is 23.7 Å². The lowest BCUT2D eigenvalue weighted by Crippen LogP contribution is -2.47. The summed E-state index contributed by atoms with van der Waals surface area (Å²) in [5.74, 6) is 3.88. The second kappa shape index (κ2) is 6.89. The SMILES string of the molecule is CC[C@@]12CCCN1c1nc(-n3ncnc3-c3cccc4ncccc34)ncc1-n1c(C)nnc12. The number of rotatable bonds is 3. The van der Waals surface area contributed by atoms with Crippen molar-refractivity contribution in [3.63, 3.8) is 0 Å². The van der Waals surface area contributed by atoms with Gasteiger partial charge in [-0.05, 0) is 38.3 Å². The quantitative estimate of drug-likeness (QED) is 0.412. The van der Waals surface area contributed by atoms with Crippen LogP contribution in [0.3, 0.4) is 0 Å². The number of aromatic nitrogens is 9. The molecule has 0 radical (unpaired) electrons. The summed E-state index contributed by atoms with van der Waals surface area (Å²) in [5, 5.41) is 14.5. The molecule has 1 saturated heterocycles. The molecule has 34 heavy (non-hydrogen) atoms. The molecule has 0 aliphatic carbocycles. The highest BCUT2D eigenvalue weighted by Gasteiger charge is 2.50. The molecular formula is C24H22N10. The largest absolute Gasteiger partial charge is 0.342 e. The van der Waals surface area contributed by atoms with Crippen LogP contribution in [0.25, 0.3) is 33.9 Å². The molecule has 0 unspecified atom stereocenters. The van der Waals surface area contributed by atoms with Crippen molar-refractivity contribution in [3.8, 4) is 23.0 Å². The van der Waals surface area contributed by atoms with Gasteiger partial charge in [-0.1, -0.05) is 25.1 Å². The summed E-state index contributed by atoms with van der Waals surface area (Å²) in [7, 11) is 0. The first-order valence-electron chi connectivity index (χ1n) is 11.5. The lowest BCUT2D eigenvalue weighted by molar-refractivity contribution is 0.381. The van der Waals surface area contributed by atoms with Crippen LogP contribution in [0.5, 0.6) is 0 Å². The average molecular weight is 451 g/mol. The van der Waals surface area contributed by atoms with E-state index in [-0.39, 0.29) is 5.54 Å². The molecule has 0 spiro atoms. The molecule has 1 aromatic carbocycles. The third kappa shape index (κ3) is 2.42. The Kier molecular flexibility index (Phi) is 3.91. The number of pyridine rings is 1. The van der Waals surface area contributed by atoms with E-state index in [0.717, 1.165) is 65.4 Å². The Morgan fingerprint density at radius 2 is 2.00 bits per heavy atom. The van der Waals surface area contributed by atoms with Crippen molar-refractivity contribution in [2.45, 2.75) is 38.6 Å². The van der Waals surface area contributed by atoms with Gasteiger partial charge < -0.3 is 4.90 Å². The highest BCUT2D eigenvalue weighted by molar-refractivity contribution is 5.92. The zero-order valence-electron chi connectivity index (χ0n) is 18.9. The van der Waals surface area contributed by atoms with Gasteiger partial charge in [-0.2, -0.15) is 14.8 Å². The third-order valence-corrected chi connectivity index (χ3v) is 7.17. The van der Waals surface area contributed by atoms with Crippen molar-refractivity contribution in [1.29, 1.82) is 0 Å². The van der Waals surface area contributed by atoms with Gasteiger partial charge in [0.05, 0.1) is 11.7 Å². The van der Waals surface area contributed by atoms with Crippen LogP contribution in [0.2, 0.25) is 0 Å². The van der Waals surface area contributed by atoms with Crippen molar-refractivity contribution >= 4 is 16.7 Å². The van der Waals surface area contributed by atoms with Crippen molar-refractivity contribution in [2.24, 2.45) is 0 Å². The van der Waals surface area contributed by atoms with Crippen LogP contribution < -0.4 is 4.90 Å². The molecule has 0 amide bonds. The minimum Gasteiger partial charge on any atom is -0.342 e. The summed E-state index contributed by atoms with van der Waals surface area (Å²) in [5.41, 5.74) is 2.54. The molecule has 0 N–H and O–H groups in total. The summed E-state index contributed by atoms with van der Waals surface area (Å²) in [6.07, 6.45) is 8.23. The maximum absolute atomic E-state index is 5.06. The zero-order valence-corrected chi connectivity index (χ0v) is 18.9. The van der Waals surface area contributed by atoms with Crippen LogP contribution in [0.4, 0.5) is 5.82 Å². The molecule has 0 saturated carbocycles. The monoisotopic (exact) mass is 450 g/mol. The summed E-state index contributed by atoms with van der Waals surface area (Å²) in [6, 6.07) is 9.97. The Bertz CT molecular complexity index is 1560. The van der Waals surface area contributed by atoms with E-state index in [2.05, 4.69) is 41.7 Å². The van der Waals surface area contributed by atoms with Crippen molar-refractivity contribution in [2.75, 3.05) is 11.4 Å². The fourth-order valence-electron chi connectivity index (χ4n) is 5.58. The third-order valence-electron chi connectivity index (χ3n) is 7.17. The number of hydrogen-bond acceptors (Lipinski definition) is 8. The summed E-state index contributed by atoms with van der Waals surface area (Å²) in [4.78, 5) is 21.2. The van der Waals surface area contributed by atoms with Gasteiger partial charge in [0.1, 0.15) is 23.4 Å². The molecular weight excluding hydrogens is 428 g/mol. The lowest BCUT2D eigenvalue weighted by atomic mass is 9.90. The van der Waals surface area contributed by atoms with Crippen molar-refractivity contribution in [3.05, 3.63) is 60.7 Å². The zero-order chi connectivity index (χ0) is 22.9. The van der Waals surface area contributed by atoms with E-state index in [9.17, 15) is 0 Å². The number of nitrogens with zero attached hydrogens (tertiary/aromatic N) is 10. The summed E-state index contributed by atoms with van der Waals surface area (Å²) >= 11 is 0. The molecule has 2 aliphatic heterocycles. The molecule has 2 aliphatic rings. The van der Waals surface area contributed by atoms with Gasteiger partial charge in [0.15, 0.2) is 17.5 Å². The van der Waals surface area contributed by atoms with Gasteiger partial charge in [-0.15, -0.1) is 10.2 Å². The Labute approximate surface area is 195 Å². The highest BCUT2D eigenvalue weighted by atomic mass is 15.4. The standard InChI is InChI=1S/C24H22N10/c1-3-24-10-6-12-32(24)21-19(33-15(2)30-31-22(24)33)13-26-23(29-21)34-20(27-14-28-34)17-7-4-9-18-16(17)8-5-11-25-18/h4-5,7-9,11,13-14H,3,6,10,12H2,1-2H3/t24-/m0/s1. The maximum atomic E-state index is 5.06. The molecule has 4 aromatic heterocycles. The molecule has 10 heteroatoms. The molecule has 5 aromatic rings. The number of benzene rings is 1. The highest BCUT2D eigenvalue weighted by Crippen LogP contribution is 2.49. The second-order valence-electron chi connectivity index (χ2n) is 8.80. The van der Waals surface area contributed by atoms with E-state index in [1.165, 1.54) is 0 Å². The number of hydrogen-bond donors (Lipinski definition) is 0. The van der Waals surface area contributed by atoms with E-state index >= 15 is 0 Å². The number of fused-ring (bicyclic) bond motifs is 7. The fraction of sp³-hybridized carbons (Fsp3) is 0.292. The first-order chi connectivity index (χ1) is 16.7. The lowest BCUT2D eigenvalue weighted by Gasteiger charge is -2.42. The molecule has 168 valence electrons. The number of aryl methyl sites for hydroxylation is 1. The van der Waals surface area contributed by atoms with Gasteiger partial charge in [-0.3, -0.25) is 9.55 Å². The van der Waals surface area contributed by atoms with Gasteiger partial charge >= 0.3 is 0 Å².